The van der Waals surface area contributed by atoms with Gasteiger partial charge < -0.3 is 19.7 Å². The van der Waals surface area contributed by atoms with Crippen molar-refractivity contribution in [3.8, 4) is 0 Å². The lowest BCUT2D eigenvalue weighted by molar-refractivity contribution is -0.0819. The average Bonchev–Trinajstić information content (AvgIpc) is 3.05. The number of aromatic nitrogens is 2. The molecule has 2 aliphatic heterocycles. The molecule has 1 fully saturated rings. The SMILES string of the molecule is c1ccc(N2CCc3nc(NCC4COCCO4)ncc32)cc1. The van der Waals surface area contributed by atoms with E-state index in [4.69, 9.17) is 9.47 Å². The van der Waals surface area contributed by atoms with Gasteiger partial charge in [0.05, 0.1) is 43.5 Å². The third-order valence-corrected chi connectivity index (χ3v) is 4.15. The number of fused-ring (bicyclic) bond motifs is 1. The third kappa shape index (κ3) is 3.13. The molecule has 1 saturated heterocycles. The molecule has 0 saturated carbocycles. The molecule has 2 aromatic rings. The number of nitrogens with one attached hydrogen (secondary N) is 1. The van der Waals surface area contributed by atoms with E-state index in [2.05, 4.69) is 44.5 Å². The first-order valence-electron chi connectivity index (χ1n) is 8.02. The lowest BCUT2D eigenvalue weighted by atomic mass is 10.3. The Morgan fingerprint density at radius 2 is 2.13 bits per heavy atom. The van der Waals surface area contributed by atoms with E-state index in [-0.39, 0.29) is 6.10 Å². The van der Waals surface area contributed by atoms with Gasteiger partial charge in [-0.25, -0.2) is 9.97 Å². The molecule has 23 heavy (non-hydrogen) atoms. The van der Waals surface area contributed by atoms with Crippen molar-refractivity contribution in [1.82, 2.24) is 9.97 Å². The molecule has 0 radical (unpaired) electrons. The molecule has 1 atom stereocenters. The van der Waals surface area contributed by atoms with E-state index in [0.717, 1.165) is 24.3 Å². The fourth-order valence-electron chi connectivity index (χ4n) is 2.98. The van der Waals surface area contributed by atoms with Crippen LogP contribution in [0.15, 0.2) is 36.5 Å². The second-order valence-electron chi connectivity index (χ2n) is 5.71. The van der Waals surface area contributed by atoms with Crippen LogP contribution in [0.3, 0.4) is 0 Å². The summed E-state index contributed by atoms with van der Waals surface area (Å²) in [6.45, 7) is 3.57. The zero-order chi connectivity index (χ0) is 15.5. The molecule has 0 amide bonds. The van der Waals surface area contributed by atoms with Crippen molar-refractivity contribution in [2.75, 3.05) is 43.1 Å². The molecule has 6 heteroatoms. The van der Waals surface area contributed by atoms with E-state index >= 15 is 0 Å². The number of hydrogen-bond donors (Lipinski definition) is 1. The summed E-state index contributed by atoms with van der Waals surface area (Å²) < 4.78 is 11.0. The van der Waals surface area contributed by atoms with E-state index in [1.54, 1.807) is 0 Å². The number of para-hydroxylation sites is 1. The lowest BCUT2D eigenvalue weighted by Crippen LogP contribution is -2.34. The van der Waals surface area contributed by atoms with Gasteiger partial charge in [0.1, 0.15) is 0 Å². The van der Waals surface area contributed by atoms with Crippen LogP contribution < -0.4 is 10.2 Å². The minimum absolute atomic E-state index is 0.0708. The monoisotopic (exact) mass is 312 g/mol. The number of ether oxygens (including phenoxy) is 2. The third-order valence-electron chi connectivity index (χ3n) is 4.15. The van der Waals surface area contributed by atoms with Crippen LogP contribution in [-0.4, -0.2) is 49.0 Å². The summed E-state index contributed by atoms with van der Waals surface area (Å²) in [5.74, 6) is 0.660. The standard InChI is InChI=1S/C17H20N4O2/c1-2-4-13(5-3-1)21-7-6-15-16(21)11-19-17(20-15)18-10-14-12-22-8-9-23-14/h1-5,11,14H,6-10,12H2,(H,18,19,20). The molecule has 0 spiro atoms. The summed E-state index contributed by atoms with van der Waals surface area (Å²) in [5.41, 5.74) is 3.37. The predicted molar refractivity (Wildman–Crippen MR) is 88.2 cm³/mol. The van der Waals surface area contributed by atoms with Gasteiger partial charge in [0.25, 0.3) is 0 Å². The highest BCUT2D eigenvalue weighted by Gasteiger charge is 2.23. The maximum atomic E-state index is 5.62. The van der Waals surface area contributed by atoms with E-state index in [1.165, 1.54) is 5.69 Å². The quantitative estimate of drug-likeness (QED) is 0.932. The van der Waals surface area contributed by atoms with Gasteiger partial charge in [0, 0.05) is 25.2 Å². The largest absolute Gasteiger partial charge is 0.376 e. The van der Waals surface area contributed by atoms with Crippen molar-refractivity contribution in [3.05, 3.63) is 42.2 Å². The maximum absolute atomic E-state index is 5.62. The topological polar surface area (TPSA) is 59.5 Å². The molecule has 1 unspecified atom stereocenters. The molecule has 1 aromatic carbocycles. The molecular formula is C17H20N4O2. The summed E-state index contributed by atoms with van der Waals surface area (Å²) in [6.07, 6.45) is 2.91. The highest BCUT2D eigenvalue weighted by molar-refractivity contribution is 5.68. The fraction of sp³-hybridized carbons (Fsp3) is 0.412. The van der Waals surface area contributed by atoms with E-state index in [1.807, 2.05) is 12.3 Å². The normalized spacial score (nSPS) is 20.3. The number of benzene rings is 1. The molecule has 6 nitrogen and oxygen atoms in total. The van der Waals surface area contributed by atoms with Gasteiger partial charge in [-0.1, -0.05) is 18.2 Å². The summed E-state index contributed by atoms with van der Waals surface area (Å²) in [6, 6.07) is 10.4. The van der Waals surface area contributed by atoms with Gasteiger partial charge in [0.2, 0.25) is 5.95 Å². The van der Waals surface area contributed by atoms with Crippen LogP contribution in [0.2, 0.25) is 0 Å². The molecular weight excluding hydrogens is 292 g/mol. The van der Waals surface area contributed by atoms with Gasteiger partial charge in [0.15, 0.2) is 0 Å². The summed E-state index contributed by atoms with van der Waals surface area (Å²) >= 11 is 0. The molecule has 0 aliphatic carbocycles. The van der Waals surface area contributed by atoms with Crippen LogP contribution in [0.5, 0.6) is 0 Å². The highest BCUT2D eigenvalue weighted by atomic mass is 16.6. The minimum Gasteiger partial charge on any atom is -0.376 e. The highest BCUT2D eigenvalue weighted by Crippen LogP contribution is 2.33. The van der Waals surface area contributed by atoms with Crippen molar-refractivity contribution < 1.29 is 9.47 Å². The number of nitrogens with zero attached hydrogens (tertiary/aromatic N) is 3. The van der Waals surface area contributed by atoms with Gasteiger partial charge >= 0.3 is 0 Å². The number of hydrogen-bond acceptors (Lipinski definition) is 6. The average molecular weight is 312 g/mol. The van der Waals surface area contributed by atoms with Gasteiger partial charge in [-0.2, -0.15) is 0 Å². The summed E-state index contributed by atoms with van der Waals surface area (Å²) in [7, 11) is 0. The van der Waals surface area contributed by atoms with E-state index in [0.29, 0.717) is 32.3 Å². The van der Waals surface area contributed by atoms with Crippen molar-refractivity contribution >= 4 is 17.3 Å². The lowest BCUT2D eigenvalue weighted by Gasteiger charge is -2.23. The van der Waals surface area contributed by atoms with Crippen LogP contribution in [0, 0.1) is 0 Å². The Morgan fingerprint density at radius 3 is 2.96 bits per heavy atom. The predicted octanol–water partition coefficient (Wildman–Crippen LogP) is 2.00. The second-order valence-corrected chi connectivity index (χ2v) is 5.71. The molecule has 1 N–H and O–H groups in total. The van der Waals surface area contributed by atoms with Crippen molar-refractivity contribution in [3.63, 3.8) is 0 Å². The summed E-state index contributed by atoms with van der Waals surface area (Å²) in [5, 5.41) is 3.25. The van der Waals surface area contributed by atoms with Gasteiger partial charge in [-0.05, 0) is 12.1 Å². The molecule has 3 heterocycles. The van der Waals surface area contributed by atoms with E-state index < -0.39 is 0 Å². The molecule has 0 bridgehead atoms. The van der Waals surface area contributed by atoms with Gasteiger partial charge in [-0.15, -0.1) is 0 Å². The Labute approximate surface area is 135 Å². The molecule has 2 aliphatic rings. The maximum Gasteiger partial charge on any atom is 0.223 e. The first kappa shape index (κ1) is 14.4. The van der Waals surface area contributed by atoms with Crippen LogP contribution in [-0.2, 0) is 15.9 Å². The fourth-order valence-corrected chi connectivity index (χ4v) is 2.98. The molecule has 120 valence electrons. The van der Waals surface area contributed by atoms with Crippen molar-refractivity contribution in [2.24, 2.45) is 0 Å². The Morgan fingerprint density at radius 1 is 1.22 bits per heavy atom. The Hall–Kier alpha value is -2.18. The zero-order valence-electron chi connectivity index (χ0n) is 12.9. The first-order valence-corrected chi connectivity index (χ1v) is 8.02. The van der Waals surface area contributed by atoms with Crippen molar-refractivity contribution in [2.45, 2.75) is 12.5 Å². The smallest absolute Gasteiger partial charge is 0.223 e. The van der Waals surface area contributed by atoms with Crippen LogP contribution in [0.25, 0.3) is 0 Å². The Balaban J connectivity index is 1.45. The van der Waals surface area contributed by atoms with Crippen molar-refractivity contribution in [1.29, 1.82) is 0 Å². The first-order chi connectivity index (χ1) is 11.4. The Kier molecular flexibility index (Phi) is 4.08. The van der Waals surface area contributed by atoms with E-state index in [9.17, 15) is 0 Å². The second kappa shape index (κ2) is 6.52. The molecule has 1 aromatic heterocycles. The number of anilines is 3. The van der Waals surface area contributed by atoms with Gasteiger partial charge in [-0.3, -0.25) is 0 Å². The number of rotatable bonds is 4. The minimum atomic E-state index is 0.0708. The zero-order valence-corrected chi connectivity index (χ0v) is 12.9. The van der Waals surface area contributed by atoms with Crippen LogP contribution >= 0.6 is 0 Å². The van der Waals surface area contributed by atoms with Crippen LogP contribution in [0.1, 0.15) is 5.69 Å². The Bertz CT molecular complexity index is 659. The van der Waals surface area contributed by atoms with Crippen LogP contribution in [0.4, 0.5) is 17.3 Å². The summed E-state index contributed by atoms with van der Waals surface area (Å²) in [4.78, 5) is 11.4. The molecule has 4 rings (SSSR count).